The van der Waals surface area contributed by atoms with Gasteiger partial charge in [0.15, 0.2) is 5.76 Å². The highest BCUT2D eigenvalue weighted by atomic mass is 79.9. The summed E-state index contributed by atoms with van der Waals surface area (Å²) in [5.41, 5.74) is 0.297. The molecule has 1 fully saturated rings. The molecule has 0 N–H and O–H groups in total. The third kappa shape index (κ3) is 3.75. The van der Waals surface area contributed by atoms with E-state index in [-0.39, 0.29) is 6.09 Å². The Morgan fingerprint density at radius 2 is 2.00 bits per heavy atom. The van der Waals surface area contributed by atoms with Crippen molar-refractivity contribution >= 4 is 22.0 Å². The van der Waals surface area contributed by atoms with Crippen LogP contribution in [0.15, 0.2) is 33.7 Å². The van der Waals surface area contributed by atoms with Gasteiger partial charge in [0.05, 0.1) is 30.0 Å². The second-order valence-electron chi connectivity index (χ2n) is 6.66. The molecule has 0 unspecified atom stereocenters. The first-order valence-electron chi connectivity index (χ1n) is 7.84. The third-order valence-electron chi connectivity index (χ3n) is 3.65. The van der Waals surface area contributed by atoms with Crippen molar-refractivity contribution in [2.24, 2.45) is 0 Å². The molecule has 0 saturated carbocycles. The number of halogens is 1. The summed E-state index contributed by atoms with van der Waals surface area (Å²) >= 11 is 3.44. The number of imidazole rings is 1. The summed E-state index contributed by atoms with van der Waals surface area (Å²) in [7, 11) is 0. The van der Waals surface area contributed by atoms with Crippen molar-refractivity contribution in [3.05, 3.63) is 29.3 Å². The Hall–Kier alpha value is -1.96. The highest BCUT2D eigenvalue weighted by Gasteiger charge is 2.26. The molecule has 0 bridgehead atoms. The van der Waals surface area contributed by atoms with Gasteiger partial charge in [0, 0.05) is 13.1 Å². The summed E-state index contributed by atoms with van der Waals surface area (Å²) in [6.45, 7) is 8.30. The minimum absolute atomic E-state index is 0.256. The molecule has 2 aromatic heterocycles. The molecule has 8 heteroatoms. The maximum Gasteiger partial charge on any atom is 0.410 e. The Balaban J connectivity index is 1.60. The zero-order valence-electron chi connectivity index (χ0n) is 14.0. The molecular weight excluding hydrogens is 376 g/mol. The fraction of sp³-hybridized carbons (Fsp3) is 0.500. The number of rotatable bonds is 2. The van der Waals surface area contributed by atoms with E-state index in [9.17, 15) is 4.79 Å². The fourth-order valence-electron chi connectivity index (χ4n) is 2.50. The maximum absolute atomic E-state index is 12.1. The maximum atomic E-state index is 12.1. The standard InChI is InChI=1S/C16H21BrN4O3/c1-16(2,3)24-15(22)19-5-7-20(8-6-19)21-10-13(18-11-21)14-12(17)4-9-23-14/h4,9-11H,5-8H2,1-3H3. The quantitative estimate of drug-likeness (QED) is 0.780. The van der Waals surface area contributed by atoms with Gasteiger partial charge in [0.25, 0.3) is 0 Å². The molecule has 2 aromatic rings. The minimum Gasteiger partial charge on any atom is -0.461 e. The first-order chi connectivity index (χ1) is 11.3. The second kappa shape index (κ2) is 6.51. The van der Waals surface area contributed by atoms with Crippen molar-refractivity contribution in [3.63, 3.8) is 0 Å². The minimum atomic E-state index is -0.468. The number of piperazine rings is 1. The highest BCUT2D eigenvalue weighted by molar-refractivity contribution is 9.10. The van der Waals surface area contributed by atoms with E-state index < -0.39 is 5.60 Å². The van der Waals surface area contributed by atoms with Gasteiger partial charge in [-0.1, -0.05) is 0 Å². The lowest BCUT2D eigenvalue weighted by molar-refractivity contribution is 0.0232. The molecule has 3 rings (SSSR count). The topological polar surface area (TPSA) is 63.7 Å². The zero-order valence-corrected chi connectivity index (χ0v) is 15.6. The zero-order chi connectivity index (χ0) is 17.3. The molecule has 3 heterocycles. The lowest BCUT2D eigenvalue weighted by Crippen LogP contribution is -2.53. The predicted octanol–water partition coefficient (Wildman–Crippen LogP) is 3.09. The lowest BCUT2D eigenvalue weighted by Gasteiger charge is -2.36. The number of hydrogen-bond donors (Lipinski definition) is 0. The number of amides is 1. The van der Waals surface area contributed by atoms with Crippen LogP contribution in [-0.2, 0) is 4.74 Å². The normalized spacial score (nSPS) is 15.7. The average molecular weight is 397 g/mol. The number of ether oxygens (including phenoxy) is 1. The third-order valence-corrected chi connectivity index (χ3v) is 4.28. The first-order valence-corrected chi connectivity index (χ1v) is 8.63. The van der Waals surface area contributed by atoms with E-state index in [0.717, 1.165) is 10.2 Å². The SMILES string of the molecule is CC(C)(C)OC(=O)N1CCN(n2cnc(-c3occc3Br)c2)CC1. The molecule has 130 valence electrons. The van der Waals surface area contributed by atoms with Crippen LogP contribution in [0.25, 0.3) is 11.5 Å². The number of hydrogen-bond acceptors (Lipinski definition) is 5. The molecule has 1 saturated heterocycles. The van der Waals surface area contributed by atoms with Crippen LogP contribution < -0.4 is 5.01 Å². The molecule has 0 atom stereocenters. The molecule has 1 amide bonds. The first kappa shape index (κ1) is 16.9. The van der Waals surface area contributed by atoms with Crippen LogP contribution in [0.5, 0.6) is 0 Å². The van der Waals surface area contributed by atoms with E-state index in [1.165, 1.54) is 0 Å². The van der Waals surface area contributed by atoms with Gasteiger partial charge in [-0.3, -0.25) is 4.68 Å². The van der Waals surface area contributed by atoms with Crippen molar-refractivity contribution in [1.29, 1.82) is 0 Å². The van der Waals surface area contributed by atoms with Gasteiger partial charge in [0.1, 0.15) is 17.6 Å². The van der Waals surface area contributed by atoms with Gasteiger partial charge in [-0.2, -0.15) is 0 Å². The lowest BCUT2D eigenvalue weighted by atomic mass is 10.2. The van der Waals surface area contributed by atoms with Gasteiger partial charge in [-0.25, -0.2) is 9.78 Å². The van der Waals surface area contributed by atoms with Crippen molar-refractivity contribution < 1.29 is 13.9 Å². The second-order valence-corrected chi connectivity index (χ2v) is 7.51. The molecule has 1 aliphatic heterocycles. The Morgan fingerprint density at radius 1 is 1.29 bits per heavy atom. The van der Waals surface area contributed by atoms with Crippen LogP contribution >= 0.6 is 15.9 Å². The molecule has 0 spiro atoms. The van der Waals surface area contributed by atoms with Crippen molar-refractivity contribution in [2.45, 2.75) is 26.4 Å². The molecule has 0 aromatic carbocycles. The largest absolute Gasteiger partial charge is 0.461 e. The van der Waals surface area contributed by atoms with Crippen LogP contribution in [0.1, 0.15) is 20.8 Å². The van der Waals surface area contributed by atoms with E-state index >= 15 is 0 Å². The van der Waals surface area contributed by atoms with Crippen LogP contribution in [0, 0.1) is 0 Å². The van der Waals surface area contributed by atoms with Gasteiger partial charge in [-0.05, 0) is 42.8 Å². The molecule has 0 aliphatic carbocycles. The van der Waals surface area contributed by atoms with Crippen LogP contribution in [0.2, 0.25) is 0 Å². The Kier molecular flexibility index (Phi) is 4.58. The predicted molar refractivity (Wildman–Crippen MR) is 93.4 cm³/mol. The highest BCUT2D eigenvalue weighted by Crippen LogP contribution is 2.27. The van der Waals surface area contributed by atoms with E-state index in [0.29, 0.717) is 31.9 Å². The monoisotopic (exact) mass is 396 g/mol. The van der Waals surface area contributed by atoms with E-state index in [4.69, 9.17) is 9.15 Å². The summed E-state index contributed by atoms with van der Waals surface area (Å²) < 4.78 is 13.7. The summed E-state index contributed by atoms with van der Waals surface area (Å²) in [4.78, 5) is 18.2. The van der Waals surface area contributed by atoms with Crippen LogP contribution in [-0.4, -0.2) is 52.4 Å². The van der Waals surface area contributed by atoms with E-state index in [2.05, 4.69) is 25.9 Å². The van der Waals surface area contributed by atoms with Crippen LogP contribution in [0.3, 0.4) is 0 Å². The summed E-state index contributed by atoms with van der Waals surface area (Å²) in [6, 6.07) is 1.84. The summed E-state index contributed by atoms with van der Waals surface area (Å²) in [5, 5.41) is 2.13. The van der Waals surface area contributed by atoms with Gasteiger partial charge in [-0.15, -0.1) is 0 Å². The number of carbonyl (C=O) groups excluding carboxylic acids is 1. The van der Waals surface area contributed by atoms with Gasteiger partial charge >= 0.3 is 6.09 Å². The average Bonchev–Trinajstić information content (AvgIpc) is 3.14. The molecular formula is C16H21BrN4O3. The Labute approximate surface area is 149 Å². The molecule has 24 heavy (non-hydrogen) atoms. The Bertz CT molecular complexity index is 711. The summed E-state index contributed by atoms with van der Waals surface area (Å²) in [6.07, 6.45) is 5.05. The van der Waals surface area contributed by atoms with Crippen molar-refractivity contribution in [2.75, 3.05) is 31.2 Å². The number of carbonyl (C=O) groups is 1. The fourth-order valence-corrected chi connectivity index (χ4v) is 2.90. The van der Waals surface area contributed by atoms with Crippen molar-refractivity contribution in [1.82, 2.24) is 14.6 Å². The smallest absolute Gasteiger partial charge is 0.410 e. The number of nitrogens with zero attached hydrogens (tertiary/aromatic N) is 4. The summed E-state index contributed by atoms with van der Waals surface area (Å²) in [5.74, 6) is 0.709. The van der Waals surface area contributed by atoms with Crippen molar-refractivity contribution in [3.8, 4) is 11.5 Å². The van der Waals surface area contributed by atoms with Gasteiger partial charge in [0.2, 0.25) is 0 Å². The molecule has 0 radical (unpaired) electrons. The number of furan rings is 1. The molecule has 7 nitrogen and oxygen atoms in total. The number of aromatic nitrogens is 2. The van der Waals surface area contributed by atoms with E-state index in [1.807, 2.05) is 37.7 Å². The molecule has 1 aliphatic rings. The Morgan fingerprint density at radius 3 is 2.58 bits per heavy atom. The van der Waals surface area contributed by atoms with Gasteiger partial charge < -0.3 is 19.1 Å². The van der Waals surface area contributed by atoms with E-state index in [1.54, 1.807) is 17.5 Å². The van der Waals surface area contributed by atoms with Crippen LogP contribution in [0.4, 0.5) is 4.79 Å².